The number of hydrogen-bond donors (Lipinski definition) is 1. The maximum atomic E-state index is 5.76. The fourth-order valence-corrected chi connectivity index (χ4v) is 2.61. The second-order valence-corrected chi connectivity index (χ2v) is 5.63. The molecule has 0 fully saturated rings. The lowest BCUT2D eigenvalue weighted by molar-refractivity contribution is 0.442. The van der Waals surface area contributed by atoms with Gasteiger partial charge < -0.3 is 9.73 Å². The fraction of sp³-hybridized carbons (Fsp3) is 0.375. The highest BCUT2D eigenvalue weighted by Crippen LogP contribution is 2.18. The van der Waals surface area contributed by atoms with Crippen LogP contribution in [-0.4, -0.2) is 6.26 Å². The van der Waals surface area contributed by atoms with Crippen molar-refractivity contribution in [3.63, 3.8) is 0 Å². The summed E-state index contributed by atoms with van der Waals surface area (Å²) in [7, 11) is 0. The summed E-state index contributed by atoms with van der Waals surface area (Å²) in [6, 6.07) is 12.9. The van der Waals surface area contributed by atoms with E-state index in [1.165, 1.54) is 11.1 Å². The first-order chi connectivity index (χ1) is 9.20. The summed E-state index contributed by atoms with van der Waals surface area (Å²) in [5.41, 5.74) is 2.67. The molecule has 0 spiro atoms. The molecule has 0 aliphatic heterocycles. The van der Waals surface area contributed by atoms with Crippen LogP contribution in [0.5, 0.6) is 0 Å². The third-order valence-corrected chi connectivity index (χ3v) is 3.81. The summed E-state index contributed by atoms with van der Waals surface area (Å²) in [5, 5.41) is 3.51. The van der Waals surface area contributed by atoms with Gasteiger partial charge in [-0.15, -0.1) is 0 Å². The Balaban J connectivity index is 1.92. The Morgan fingerprint density at radius 2 is 1.89 bits per heavy atom. The normalized spacial score (nSPS) is 12.6. The van der Waals surface area contributed by atoms with E-state index in [0.717, 1.165) is 23.8 Å². The zero-order valence-electron chi connectivity index (χ0n) is 11.8. The second-order valence-electron chi connectivity index (χ2n) is 4.76. The standard InChI is InChI=1S/C16H21NOS/c1-12-6-4-5-7-16(12)13(2)17-10-14-8-9-15(18-14)11-19-3/h4-9,13,17H,10-11H2,1-3H3. The predicted molar refractivity (Wildman–Crippen MR) is 82.4 cm³/mol. The van der Waals surface area contributed by atoms with Crippen molar-refractivity contribution in [3.8, 4) is 0 Å². The van der Waals surface area contributed by atoms with Crippen molar-refractivity contribution in [2.24, 2.45) is 0 Å². The summed E-state index contributed by atoms with van der Waals surface area (Å²) in [6.07, 6.45) is 2.08. The van der Waals surface area contributed by atoms with Crippen LogP contribution in [-0.2, 0) is 12.3 Å². The Labute approximate surface area is 119 Å². The van der Waals surface area contributed by atoms with Gasteiger partial charge in [0.1, 0.15) is 11.5 Å². The van der Waals surface area contributed by atoms with Gasteiger partial charge >= 0.3 is 0 Å². The molecule has 0 saturated heterocycles. The molecule has 102 valence electrons. The van der Waals surface area contributed by atoms with Crippen molar-refractivity contribution in [3.05, 3.63) is 59.0 Å². The lowest BCUT2D eigenvalue weighted by Crippen LogP contribution is -2.18. The Kier molecular flexibility index (Phi) is 5.11. The number of hydrogen-bond acceptors (Lipinski definition) is 3. The summed E-state index contributed by atoms with van der Waals surface area (Å²) >= 11 is 1.78. The summed E-state index contributed by atoms with van der Waals surface area (Å²) in [4.78, 5) is 0. The molecule has 0 bridgehead atoms. The topological polar surface area (TPSA) is 25.2 Å². The molecule has 1 aromatic carbocycles. The first-order valence-electron chi connectivity index (χ1n) is 6.56. The van der Waals surface area contributed by atoms with Crippen molar-refractivity contribution < 1.29 is 4.42 Å². The number of thioether (sulfide) groups is 1. The van der Waals surface area contributed by atoms with E-state index in [0.29, 0.717) is 6.04 Å². The molecule has 1 unspecified atom stereocenters. The number of nitrogens with one attached hydrogen (secondary N) is 1. The van der Waals surface area contributed by atoms with Crippen LogP contribution < -0.4 is 5.32 Å². The number of rotatable bonds is 6. The van der Waals surface area contributed by atoms with Crippen molar-refractivity contribution >= 4 is 11.8 Å². The van der Waals surface area contributed by atoms with Crippen LogP contribution in [0.4, 0.5) is 0 Å². The molecule has 19 heavy (non-hydrogen) atoms. The van der Waals surface area contributed by atoms with Crippen molar-refractivity contribution in [2.45, 2.75) is 32.2 Å². The van der Waals surface area contributed by atoms with E-state index in [9.17, 15) is 0 Å². The highest BCUT2D eigenvalue weighted by Gasteiger charge is 2.08. The lowest BCUT2D eigenvalue weighted by atomic mass is 10.0. The van der Waals surface area contributed by atoms with Gasteiger partial charge in [0.05, 0.1) is 12.3 Å². The third kappa shape index (κ3) is 3.88. The van der Waals surface area contributed by atoms with Gasteiger partial charge in [0.2, 0.25) is 0 Å². The summed E-state index contributed by atoms with van der Waals surface area (Å²) in [5.74, 6) is 2.99. The Bertz CT molecular complexity index is 521. The predicted octanol–water partition coefficient (Wildman–Crippen LogP) is 4.30. The quantitative estimate of drug-likeness (QED) is 0.851. The zero-order chi connectivity index (χ0) is 13.7. The third-order valence-electron chi connectivity index (χ3n) is 3.24. The minimum atomic E-state index is 0.329. The molecule has 1 aromatic heterocycles. The van der Waals surface area contributed by atoms with Crippen LogP contribution in [0.1, 0.15) is 35.6 Å². The maximum absolute atomic E-state index is 5.76. The van der Waals surface area contributed by atoms with E-state index in [4.69, 9.17) is 4.42 Å². The molecular weight excluding hydrogens is 254 g/mol. The maximum Gasteiger partial charge on any atom is 0.118 e. The van der Waals surface area contributed by atoms with Gasteiger partial charge in [0, 0.05) is 6.04 Å². The molecule has 3 heteroatoms. The van der Waals surface area contributed by atoms with Gasteiger partial charge in [-0.3, -0.25) is 0 Å². The van der Waals surface area contributed by atoms with Crippen molar-refractivity contribution in [1.29, 1.82) is 0 Å². The monoisotopic (exact) mass is 275 g/mol. The molecule has 0 aliphatic rings. The van der Waals surface area contributed by atoms with Crippen LogP contribution in [0, 0.1) is 6.92 Å². The molecule has 1 heterocycles. The fourth-order valence-electron chi connectivity index (χ4n) is 2.17. The van der Waals surface area contributed by atoms with Gasteiger partial charge in [0.15, 0.2) is 0 Å². The largest absolute Gasteiger partial charge is 0.464 e. The average Bonchev–Trinajstić information content (AvgIpc) is 2.85. The molecular formula is C16H21NOS. The minimum Gasteiger partial charge on any atom is -0.464 e. The van der Waals surface area contributed by atoms with Gasteiger partial charge in [-0.1, -0.05) is 24.3 Å². The molecule has 1 atom stereocenters. The molecule has 0 radical (unpaired) electrons. The number of benzene rings is 1. The lowest BCUT2D eigenvalue weighted by Gasteiger charge is -2.15. The van der Waals surface area contributed by atoms with Crippen LogP contribution in [0.25, 0.3) is 0 Å². The summed E-state index contributed by atoms with van der Waals surface area (Å²) in [6.45, 7) is 5.11. The smallest absolute Gasteiger partial charge is 0.118 e. The van der Waals surface area contributed by atoms with Crippen molar-refractivity contribution in [1.82, 2.24) is 5.32 Å². The Morgan fingerprint density at radius 3 is 2.63 bits per heavy atom. The molecule has 0 aliphatic carbocycles. The van der Waals surface area contributed by atoms with Crippen LogP contribution in [0.2, 0.25) is 0 Å². The molecule has 2 aromatic rings. The number of furan rings is 1. The van der Waals surface area contributed by atoms with Gasteiger partial charge in [-0.2, -0.15) is 11.8 Å². The highest BCUT2D eigenvalue weighted by molar-refractivity contribution is 7.97. The van der Waals surface area contributed by atoms with E-state index in [-0.39, 0.29) is 0 Å². The van der Waals surface area contributed by atoms with E-state index in [2.05, 4.69) is 61.8 Å². The summed E-state index contributed by atoms with van der Waals surface area (Å²) < 4.78 is 5.76. The van der Waals surface area contributed by atoms with Crippen LogP contribution in [0.3, 0.4) is 0 Å². The van der Waals surface area contributed by atoms with Gasteiger partial charge in [0.25, 0.3) is 0 Å². The first-order valence-corrected chi connectivity index (χ1v) is 7.95. The molecule has 0 saturated carbocycles. The van der Waals surface area contributed by atoms with E-state index in [1.54, 1.807) is 11.8 Å². The minimum absolute atomic E-state index is 0.329. The van der Waals surface area contributed by atoms with Gasteiger partial charge in [-0.25, -0.2) is 0 Å². The van der Waals surface area contributed by atoms with Crippen LogP contribution in [0.15, 0.2) is 40.8 Å². The average molecular weight is 275 g/mol. The first kappa shape index (κ1) is 14.2. The second kappa shape index (κ2) is 6.83. The van der Waals surface area contributed by atoms with E-state index >= 15 is 0 Å². The van der Waals surface area contributed by atoms with Crippen molar-refractivity contribution in [2.75, 3.05) is 6.26 Å². The molecule has 0 amide bonds. The Hall–Kier alpha value is -1.19. The molecule has 2 rings (SSSR count). The van der Waals surface area contributed by atoms with Crippen LogP contribution >= 0.6 is 11.8 Å². The zero-order valence-corrected chi connectivity index (χ0v) is 12.6. The van der Waals surface area contributed by atoms with E-state index < -0.39 is 0 Å². The molecule has 1 N–H and O–H groups in total. The SMILES string of the molecule is CSCc1ccc(CNC(C)c2ccccc2C)o1. The van der Waals surface area contributed by atoms with Gasteiger partial charge in [-0.05, 0) is 43.4 Å². The Morgan fingerprint density at radius 1 is 1.16 bits per heavy atom. The van der Waals surface area contributed by atoms with E-state index in [1.807, 2.05) is 0 Å². The molecule has 2 nitrogen and oxygen atoms in total. The highest BCUT2D eigenvalue weighted by atomic mass is 32.2. The number of aryl methyl sites for hydroxylation is 1.